The minimum absolute atomic E-state index is 0.0640. The maximum absolute atomic E-state index is 12.9. The van der Waals surface area contributed by atoms with Crippen molar-refractivity contribution in [3.8, 4) is 5.75 Å². The van der Waals surface area contributed by atoms with E-state index in [1.165, 1.54) is 13.2 Å². The van der Waals surface area contributed by atoms with E-state index in [1.54, 1.807) is 18.2 Å². The number of Topliss-reactive ketones (excluding diaryl/α,β-unsaturated/α-hetero) is 1. The van der Waals surface area contributed by atoms with Crippen LogP contribution in [0.1, 0.15) is 66.7 Å². The number of pyridine rings is 1. The largest absolute Gasteiger partial charge is 0.618 e. The van der Waals surface area contributed by atoms with Crippen LogP contribution in [0.3, 0.4) is 0 Å². The molecule has 160 valence electrons. The first-order valence-corrected chi connectivity index (χ1v) is 10.7. The molecule has 0 spiro atoms. The normalized spacial score (nSPS) is 17.1. The Morgan fingerprint density at radius 1 is 1.23 bits per heavy atom. The minimum Gasteiger partial charge on any atom is -0.618 e. The van der Waals surface area contributed by atoms with E-state index in [2.05, 4.69) is 10.4 Å². The number of aromatic nitrogens is 3. The second kappa shape index (κ2) is 7.68. The number of carbonyl (C=O) groups excluding carboxylic acids is 2. The Morgan fingerprint density at radius 3 is 2.71 bits per heavy atom. The molecule has 0 radical (unpaired) electrons. The molecule has 5 rings (SSSR count). The highest BCUT2D eigenvalue weighted by atomic mass is 16.5. The Kier molecular flexibility index (Phi) is 4.84. The summed E-state index contributed by atoms with van der Waals surface area (Å²) in [4.78, 5) is 24.4. The van der Waals surface area contributed by atoms with E-state index in [9.17, 15) is 14.8 Å². The summed E-state index contributed by atoms with van der Waals surface area (Å²) in [6, 6.07) is 8.84. The Bertz CT molecular complexity index is 1170. The van der Waals surface area contributed by atoms with Gasteiger partial charge in [0.2, 0.25) is 0 Å². The molecule has 0 atom stereocenters. The van der Waals surface area contributed by atoms with Crippen molar-refractivity contribution in [1.29, 1.82) is 0 Å². The molecule has 2 aliphatic rings. The van der Waals surface area contributed by atoms with Gasteiger partial charge in [-0.3, -0.25) is 14.3 Å². The summed E-state index contributed by atoms with van der Waals surface area (Å²) in [7, 11) is 1.53. The predicted molar refractivity (Wildman–Crippen MR) is 114 cm³/mol. The highest BCUT2D eigenvalue weighted by Crippen LogP contribution is 2.38. The molecule has 2 aliphatic carbocycles. The van der Waals surface area contributed by atoms with Crippen molar-refractivity contribution in [3.05, 3.63) is 53.1 Å². The summed E-state index contributed by atoms with van der Waals surface area (Å²) in [5.41, 5.74) is 1.94. The average molecular weight is 420 g/mol. The molecule has 3 aromatic rings. The predicted octanol–water partition coefficient (Wildman–Crippen LogP) is 3.49. The molecule has 8 nitrogen and oxygen atoms in total. The fourth-order valence-corrected chi connectivity index (χ4v) is 4.26. The maximum atomic E-state index is 12.9. The van der Waals surface area contributed by atoms with E-state index in [-0.39, 0.29) is 17.7 Å². The van der Waals surface area contributed by atoms with Crippen LogP contribution in [-0.4, -0.2) is 28.6 Å². The summed E-state index contributed by atoms with van der Waals surface area (Å²) in [5.74, 6) is 0.548. The van der Waals surface area contributed by atoms with Crippen LogP contribution in [0.25, 0.3) is 10.9 Å². The lowest BCUT2D eigenvalue weighted by atomic mass is 9.95. The van der Waals surface area contributed by atoms with E-state index in [4.69, 9.17) is 4.74 Å². The first kappa shape index (κ1) is 19.5. The molecule has 2 fully saturated rings. The van der Waals surface area contributed by atoms with Crippen LogP contribution in [0, 0.1) is 5.21 Å². The van der Waals surface area contributed by atoms with Crippen LogP contribution < -0.4 is 14.8 Å². The molecule has 2 saturated carbocycles. The van der Waals surface area contributed by atoms with E-state index in [1.807, 2.05) is 16.9 Å². The minimum atomic E-state index is -0.478. The number of ketones is 1. The van der Waals surface area contributed by atoms with E-state index in [0.717, 1.165) is 41.3 Å². The van der Waals surface area contributed by atoms with Crippen LogP contribution in [-0.2, 0) is 4.79 Å². The quantitative estimate of drug-likeness (QED) is 0.503. The number of amides is 1. The Hall–Kier alpha value is -3.42. The van der Waals surface area contributed by atoms with Crippen molar-refractivity contribution < 1.29 is 19.1 Å². The number of methoxy groups -OCH3 is 1. The van der Waals surface area contributed by atoms with Crippen LogP contribution in [0.4, 0.5) is 5.69 Å². The van der Waals surface area contributed by atoms with Gasteiger partial charge < -0.3 is 15.3 Å². The number of nitrogens with one attached hydrogen (secondary N) is 1. The number of ether oxygens (including phenoxy) is 1. The molecule has 0 saturated heterocycles. The van der Waals surface area contributed by atoms with Crippen LogP contribution in [0.15, 0.2) is 36.5 Å². The van der Waals surface area contributed by atoms with Gasteiger partial charge in [-0.25, -0.2) is 0 Å². The monoisotopic (exact) mass is 420 g/mol. The Labute approximate surface area is 179 Å². The third kappa shape index (κ3) is 3.73. The van der Waals surface area contributed by atoms with E-state index >= 15 is 0 Å². The Balaban J connectivity index is 1.43. The van der Waals surface area contributed by atoms with Gasteiger partial charge in [0.05, 0.1) is 24.4 Å². The molecule has 0 bridgehead atoms. The highest BCUT2D eigenvalue weighted by molar-refractivity contribution is 6.04. The molecule has 1 N–H and O–H groups in total. The third-order valence-electron chi connectivity index (χ3n) is 6.18. The zero-order valence-corrected chi connectivity index (χ0v) is 17.3. The number of anilines is 1. The van der Waals surface area contributed by atoms with E-state index in [0.29, 0.717) is 35.8 Å². The first-order chi connectivity index (χ1) is 15.0. The lowest BCUT2D eigenvalue weighted by Crippen LogP contribution is -2.40. The second-order valence-corrected chi connectivity index (χ2v) is 8.35. The van der Waals surface area contributed by atoms with Gasteiger partial charge in [-0.15, -0.1) is 0 Å². The fourth-order valence-electron chi connectivity index (χ4n) is 4.26. The summed E-state index contributed by atoms with van der Waals surface area (Å²) in [5, 5.41) is 21.0. The van der Waals surface area contributed by atoms with Crippen molar-refractivity contribution in [2.75, 3.05) is 12.4 Å². The average Bonchev–Trinajstić information content (AvgIpc) is 3.53. The second-order valence-electron chi connectivity index (χ2n) is 8.35. The molecular formula is C23H24N4O4. The molecular weight excluding hydrogens is 396 g/mol. The smallest absolute Gasteiger partial charge is 0.321 e. The van der Waals surface area contributed by atoms with Crippen molar-refractivity contribution in [3.63, 3.8) is 0 Å². The third-order valence-corrected chi connectivity index (χ3v) is 6.18. The van der Waals surface area contributed by atoms with Crippen LogP contribution >= 0.6 is 0 Å². The zero-order chi connectivity index (χ0) is 21.5. The summed E-state index contributed by atoms with van der Waals surface area (Å²) >= 11 is 0. The van der Waals surface area contributed by atoms with Crippen molar-refractivity contribution in [2.24, 2.45) is 0 Å². The van der Waals surface area contributed by atoms with Crippen molar-refractivity contribution in [2.45, 2.75) is 50.5 Å². The summed E-state index contributed by atoms with van der Waals surface area (Å²) in [6.07, 6.45) is 6.64. The number of carbonyl (C=O) groups is 2. The molecule has 2 aromatic heterocycles. The SMILES string of the molecule is COc1cc2nn(C3CCC(=O)CC3)cc2cc1NC(=O)c1cccc(C2CC2)[n+]1[O-]. The highest BCUT2D eigenvalue weighted by Gasteiger charge is 2.33. The van der Waals surface area contributed by atoms with E-state index < -0.39 is 5.91 Å². The molecule has 2 heterocycles. The molecule has 1 amide bonds. The number of hydrogen-bond donors (Lipinski definition) is 1. The Morgan fingerprint density at radius 2 is 2.00 bits per heavy atom. The number of fused-ring (bicyclic) bond motifs is 1. The summed E-state index contributed by atoms with van der Waals surface area (Å²) in [6.45, 7) is 0. The van der Waals surface area contributed by atoms with Gasteiger partial charge >= 0.3 is 5.91 Å². The zero-order valence-electron chi connectivity index (χ0n) is 17.3. The van der Waals surface area contributed by atoms with Gasteiger partial charge in [0.25, 0.3) is 5.69 Å². The van der Waals surface area contributed by atoms with Gasteiger partial charge in [0.1, 0.15) is 11.5 Å². The molecule has 31 heavy (non-hydrogen) atoms. The molecule has 1 aromatic carbocycles. The topological polar surface area (TPSA) is 100 Å². The van der Waals surface area contributed by atoms with Crippen LogP contribution in [0.2, 0.25) is 0 Å². The lowest BCUT2D eigenvalue weighted by molar-refractivity contribution is -0.616. The number of benzene rings is 1. The lowest BCUT2D eigenvalue weighted by Gasteiger charge is -2.20. The fraction of sp³-hybridized carbons (Fsp3) is 0.391. The van der Waals surface area contributed by atoms with Gasteiger partial charge in [-0.05, 0) is 37.8 Å². The van der Waals surface area contributed by atoms with Gasteiger partial charge in [0.15, 0.2) is 5.69 Å². The molecule has 8 heteroatoms. The van der Waals surface area contributed by atoms with Crippen molar-refractivity contribution >= 4 is 28.3 Å². The van der Waals surface area contributed by atoms with Crippen molar-refractivity contribution in [1.82, 2.24) is 9.78 Å². The standard InChI is InChI=1S/C23H24N4O4/c1-31-22-12-18-15(13-26(25-18)16-7-9-17(28)10-8-16)11-19(22)24-23(29)21-4-2-3-20(27(21)30)14-5-6-14/h2-4,11-14,16H,5-10H2,1H3,(H,24,29). The van der Waals surface area contributed by atoms with Gasteiger partial charge in [0, 0.05) is 48.5 Å². The number of nitrogens with zero attached hydrogens (tertiary/aromatic N) is 3. The molecule has 0 unspecified atom stereocenters. The van der Waals surface area contributed by atoms with Gasteiger partial charge in [-0.2, -0.15) is 9.83 Å². The van der Waals surface area contributed by atoms with Crippen LogP contribution in [0.5, 0.6) is 5.75 Å². The maximum Gasteiger partial charge on any atom is 0.321 e. The first-order valence-electron chi connectivity index (χ1n) is 10.7. The molecule has 0 aliphatic heterocycles. The number of hydrogen-bond acceptors (Lipinski definition) is 5. The van der Waals surface area contributed by atoms with Gasteiger partial charge in [-0.1, -0.05) is 0 Å². The summed E-state index contributed by atoms with van der Waals surface area (Å²) < 4.78 is 8.11. The number of rotatable bonds is 5.